The molecule has 0 radical (unpaired) electrons. The van der Waals surface area contributed by atoms with E-state index in [0.29, 0.717) is 6.42 Å². The molecular formula is C19H36N6O. The van der Waals surface area contributed by atoms with Gasteiger partial charge in [-0.25, -0.2) is 0 Å². The highest BCUT2D eigenvalue weighted by molar-refractivity contribution is 5.81. The van der Waals surface area contributed by atoms with Crippen LogP contribution in [0.3, 0.4) is 0 Å². The Hall–Kier alpha value is -1.34. The van der Waals surface area contributed by atoms with Crippen molar-refractivity contribution in [1.82, 2.24) is 25.3 Å². The van der Waals surface area contributed by atoms with Crippen molar-refractivity contribution in [3.05, 3.63) is 0 Å². The Morgan fingerprint density at radius 1 is 1.23 bits per heavy atom. The van der Waals surface area contributed by atoms with Gasteiger partial charge in [-0.15, -0.1) is 0 Å². The van der Waals surface area contributed by atoms with Gasteiger partial charge in [0.2, 0.25) is 5.91 Å². The molecule has 148 valence electrons. The fourth-order valence-corrected chi connectivity index (χ4v) is 4.48. The molecule has 1 amide bonds. The Bertz CT molecular complexity index is 510. The minimum Gasteiger partial charge on any atom is -0.357 e. The molecule has 0 aromatic carbocycles. The van der Waals surface area contributed by atoms with Crippen LogP contribution in [0.25, 0.3) is 0 Å². The Balaban J connectivity index is 1.55. The Kier molecular flexibility index (Phi) is 6.75. The normalized spacial score (nSPS) is 29.1. The Morgan fingerprint density at radius 3 is 2.88 bits per heavy atom. The third kappa shape index (κ3) is 5.10. The maximum atomic E-state index is 11.7. The summed E-state index contributed by atoms with van der Waals surface area (Å²) in [6.07, 6.45) is 4.20. The highest BCUT2D eigenvalue weighted by Gasteiger charge is 2.42. The molecule has 3 fully saturated rings. The minimum absolute atomic E-state index is 0.112. The van der Waals surface area contributed by atoms with Gasteiger partial charge in [-0.3, -0.25) is 9.79 Å². The molecule has 2 N–H and O–H groups in total. The Labute approximate surface area is 158 Å². The molecule has 3 aliphatic heterocycles. The van der Waals surface area contributed by atoms with Crippen molar-refractivity contribution >= 4 is 11.9 Å². The monoisotopic (exact) mass is 364 g/mol. The third-order valence-electron chi connectivity index (χ3n) is 5.98. The number of piperidine rings is 1. The quantitative estimate of drug-likeness (QED) is 0.551. The second-order valence-corrected chi connectivity index (χ2v) is 8.21. The van der Waals surface area contributed by atoms with E-state index in [1.165, 1.54) is 19.5 Å². The van der Waals surface area contributed by atoms with Crippen LogP contribution in [-0.4, -0.2) is 99.1 Å². The summed E-state index contributed by atoms with van der Waals surface area (Å²) in [5.74, 6) is 1.23. The molecule has 1 unspecified atom stereocenters. The van der Waals surface area contributed by atoms with Crippen molar-refractivity contribution in [3.8, 4) is 0 Å². The lowest BCUT2D eigenvalue weighted by Gasteiger charge is -2.40. The third-order valence-corrected chi connectivity index (χ3v) is 5.98. The summed E-state index contributed by atoms with van der Waals surface area (Å²) in [7, 11) is 2.21. The van der Waals surface area contributed by atoms with Gasteiger partial charge in [-0.1, -0.05) is 0 Å². The number of amides is 1. The van der Waals surface area contributed by atoms with E-state index in [2.05, 4.69) is 39.3 Å². The van der Waals surface area contributed by atoms with Crippen LogP contribution < -0.4 is 10.6 Å². The number of guanidine groups is 1. The molecule has 3 aliphatic rings. The predicted octanol–water partition coefficient (Wildman–Crippen LogP) is 0.192. The summed E-state index contributed by atoms with van der Waals surface area (Å²) in [5.41, 5.74) is 0.112. The van der Waals surface area contributed by atoms with Crippen molar-refractivity contribution in [1.29, 1.82) is 0 Å². The number of nitrogens with one attached hydrogen (secondary N) is 2. The molecule has 0 aromatic rings. The lowest BCUT2D eigenvalue weighted by Crippen LogP contribution is -2.51. The minimum atomic E-state index is 0.112. The highest BCUT2D eigenvalue weighted by Crippen LogP contribution is 2.35. The molecule has 1 spiro atoms. The topological polar surface area (TPSA) is 63.2 Å². The first kappa shape index (κ1) is 19.4. The number of rotatable bonds is 4. The van der Waals surface area contributed by atoms with Crippen LogP contribution >= 0.6 is 0 Å². The Morgan fingerprint density at radius 2 is 2.12 bits per heavy atom. The first-order chi connectivity index (χ1) is 12.6. The summed E-state index contributed by atoms with van der Waals surface area (Å²) in [4.78, 5) is 24.0. The summed E-state index contributed by atoms with van der Waals surface area (Å²) < 4.78 is 0. The number of carbonyl (C=O) groups is 1. The zero-order valence-corrected chi connectivity index (χ0v) is 16.6. The average Bonchev–Trinajstić information content (AvgIpc) is 2.84. The van der Waals surface area contributed by atoms with E-state index in [4.69, 9.17) is 4.99 Å². The molecule has 0 saturated carbocycles. The summed E-state index contributed by atoms with van der Waals surface area (Å²) in [5, 5.41) is 6.50. The van der Waals surface area contributed by atoms with Crippen LogP contribution in [0.5, 0.6) is 0 Å². The van der Waals surface area contributed by atoms with Crippen molar-refractivity contribution in [2.75, 3.05) is 72.5 Å². The van der Waals surface area contributed by atoms with Crippen LogP contribution in [0.15, 0.2) is 4.99 Å². The zero-order valence-electron chi connectivity index (χ0n) is 16.6. The highest BCUT2D eigenvalue weighted by atomic mass is 16.1. The smallest absolute Gasteiger partial charge is 0.220 e. The van der Waals surface area contributed by atoms with Gasteiger partial charge < -0.3 is 25.3 Å². The van der Waals surface area contributed by atoms with E-state index in [1.807, 2.05) is 0 Å². The number of hydrogen-bond donors (Lipinski definition) is 2. The summed E-state index contributed by atoms with van der Waals surface area (Å²) in [6.45, 7) is 12.3. The van der Waals surface area contributed by atoms with Gasteiger partial charge in [0.25, 0.3) is 0 Å². The maximum Gasteiger partial charge on any atom is 0.220 e. The number of likely N-dealkylation sites (tertiary alicyclic amines) is 1. The van der Waals surface area contributed by atoms with Gasteiger partial charge in [0.1, 0.15) is 0 Å². The van der Waals surface area contributed by atoms with Gasteiger partial charge in [-0.05, 0) is 46.3 Å². The molecule has 26 heavy (non-hydrogen) atoms. The van der Waals surface area contributed by atoms with Crippen molar-refractivity contribution in [2.45, 2.75) is 32.6 Å². The fraction of sp³-hybridized carbons (Fsp3) is 0.895. The van der Waals surface area contributed by atoms with Crippen LogP contribution in [0.4, 0.5) is 0 Å². The lowest BCUT2D eigenvalue weighted by atomic mass is 9.79. The largest absolute Gasteiger partial charge is 0.357 e. The molecule has 0 bridgehead atoms. The predicted molar refractivity (Wildman–Crippen MR) is 105 cm³/mol. The van der Waals surface area contributed by atoms with Gasteiger partial charge in [0.05, 0.1) is 6.54 Å². The molecule has 3 heterocycles. The van der Waals surface area contributed by atoms with Crippen LogP contribution in [0.1, 0.15) is 32.6 Å². The van der Waals surface area contributed by atoms with Crippen molar-refractivity contribution < 1.29 is 4.79 Å². The van der Waals surface area contributed by atoms with Gasteiger partial charge in [0, 0.05) is 57.6 Å². The van der Waals surface area contributed by atoms with E-state index in [9.17, 15) is 4.79 Å². The van der Waals surface area contributed by atoms with E-state index in [-0.39, 0.29) is 11.3 Å². The number of hydrogen-bond acceptors (Lipinski definition) is 4. The summed E-state index contributed by atoms with van der Waals surface area (Å²) in [6, 6.07) is 0. The number of likely N-dealkylation sites (N-methyl/N-ethyl adjacent to an activating group) is 1. The zero-order chi connectivity index (χ0) is 18.4. The maximum absolute atomic E-state index is 11.7. The van der Waals surface area contributed by atoms with E-state index < -0.39 is 0 Å². The molecule has 1 atom stereocenters. The first-order valence-corrected chi connectivity index (χ1v) is 10.3. The summed E-state index contributed by atoms with van der Waals surface area (Å²) >= 11 is 0. The molecule has 0 aliphatic carbocycles. The molecule has 3 rings (SSSR count). The van der Waals surface area contributed by atoms with E-state index >= 15 is 0 Å². The molecule has 7 nitrogen and oxygen atoms in total. The van der Waals surface area contributed by atoms with Crippen LogP contribution in [0.2, 0.25) is 0 Å². The molecule has 7 heteroatoms. The number of carbonyl (C=O) groups excluding carboxylic acids is 1. The van der Waals surface area contributed by atoms with Gasteiger partial charge >= 0.3 is 0 Å². The van der Waals surface area contributed by atoms with Gasteiger partial charge in [0.15, 0.2) is 5.96 Å². The standard InChI is InChI=1S/C19H36N6O/c1-3-20-18(21-7-11-24-9-5-8-23(2)12-13-24)25-10-4-6-19(16-25)14-17(26)22-15-19/h3-16H2,1-2H3,(H,20,21)(H,22,26). The second kappa shape index (κ2) is 9.04. The fourth-order valence-electron chi connectivity index (χ4n) is 4.48. The van der Waals surface area contributed by atoms with Crippen LogP contribution in [-0.2, 0) is 4.79 Å². The molecular weight excluding hydrogens is 328 g/mol. The number of aliphatic imine (C=N–C) groups is 1. The van der Waals surface area contributed by atoms with Crippen molar-refractivity contribution in [2.24, 2.45) is 10.4 Å². The van der Waals surface area contributed by atoms with Crippen molar-refractivity contribution in [3.63, 3.8) is 0 Å². The SMILES string of the molecule is CCNC(=NCCN1CCCN(C)CC1)N1CCCC2(CNC(=O)C2)C1. The average molecular weight is 365 g/mol. The number of nitrogens with zero attached hydrogens (tertiary/aromatic N) is 4. The molecule has 0 aromatic heterocycles. The van der Waals surface area contributed by atoms with Crippen LogP contribution in [0, 0.1) is 5.41 Å². The first-order valence-electron chi connectivity index (χ1n) is 10.3. The molecule has 3 saturated heterocycles. The van der Waals surface area contributed by atoms with E-state index in [1.54, 1.807) is 0 Å². The van der Waals surface area contributed by atoms with E-state index in [0.717, 1.165) is 71.2 Å². The second-order valence-electron chi connectivity index (χ2n) is 8.21. The lowest BCUT2D eigenvalue weighted by molar-refractivity contribution is -0.119. The van der Waals surface area contributed by atoms with Gasteiger partial charge in [-0.2, -0.15) is 0 Å².